The zero-order chi connectivity index (χ0) is 16.6. The lowest BCUT2D eigenvalue weighted by Gasteiger charge is -2.33. The molecule has 23 heavy (non-hydrogen) atoms. The van der Waals surface area contributed by atoms with Crippen molar-refractivity contribution in [1.82, 2.24) is 9.21 Å². The second-order valence-electron chi connectivity index (χ2n) is 6.67. The van der Waals surface area contributed by atoms with Crippen LogP contribution in [0.15, 0.2) is 16.5 Å². The second-order valence-corrected chi connectivity index (χ2v) is 8.65. The minimum atomic E-state index is -3.15. The number of nitrogens with zero attached hydrogens (tertiary/aromatic N) is 2. The van der Waals surface area contributed by atoms with E-state index in [0.29, 0.717) is 50.9 Å². The maximum Gasteiger partial charge on any atom is 0.223 e. The smallest absolute Gasteiger partial charge is 0.223 e. The largest absolute Gasteiger partial charge is 0.466 e. The van der Waals surface area contributed by atoms with Gasteiger partial charge in [-0.05, 0) is 24.5 Å². The molecule has 0 radical (unpaired) electrons. The topological polar surface area (TPSA) is 70.8 Å². The van der Waals surface area contributed by atoms with Crippen molar-refractivity contribution >= 4 is 15.9 Å². The third-order valence-corrected chi connectivity index (χ3v) is 6.11. The van der Waals surface area contributed by atoms with Crippen LogP contribution >= 0.6 is 0 Å². The average Bonchev–Trinajstić information content (AvgIpc) is 3.06. The van der Waals surface area contributed by atoms with E-state index in [4.69, 9.17) is 4.42 Å². The number of rotatable bonds is 5. The first-order valence-electron chi connectivity index (χ1n) is 8.16. The van der Waals surface area contributed by atoms with Crippen molar-refractivity contribution in [3.05, 3.63) is 23.7 Å². The molecular formula is C16H24N2O4S. The van der Waals surface area contributed by atoms with E-state index in [9.17, 15) is 13.2 Å². The van der Waals surface area contributed by atoms with Gasteiger partial charge in [-0.3, -0.25) is 4.79 Å². The highest BCUT2D eigenvalue weighted by atomic mass is 32.2. The molecule has 128 valence electrons. The summed E-state index contributed by atoms with van der Waals surface area (Å²) in [7, 11) is -3.15. The van der Waals surface area contributed by atoms with Gasteiger partial charge in [-0.1, -0.05) is 6.92 Å². The quantitative estimate of drug-likeness (QED) is 0.813. The van der Waals surface area contributed by atoms with Gasteiger partial charge in [0.15, 0.2) is 0 Å². The fraction of sp³-hybridized carbons (Fsp3) is 0.688. The van der Waals surface area contributed by atoms with Gasteiger partial charge in [0, 0.05) is 44.9 Å². The molecule has 0 bridgehead atoms. The van der Waals surface area contributed by atoms with Gasteiger partial charge in [0.05, 0.1) is 6.26 Å². The van der Waals surface area contributed by atoms with Gasteiger partial charge < -0.3 is 9.32 Å². The maximum absolute atomic E-state index is 12.2. The Balaban J connectivity index is 1.46. The van der Waals surface area contributed by atoms with Crippen LogP contribution in [0, 0.1) is 5.92 Å². The fourth-order valence-electron chi connectivity index (χ4n) is 3.10. The normalized spacial score (nSPS) is 25.6. The molecule has 2 heterocycles. The van der Waals surface area contributed by atoms with Crippen LogP contribution < -0.4 is 0 Å². The van der Waals surface area contributed by atoms with Gasteiger partial charge in [0.2, 0.25) is 15.9 Å². The molecule has 0 spiro atoms. The number of carbonyl (C=O) groups is 1. The Labute approximate surface area is 137 Å². The average molecular weight is 340 g/mol. The molecule has 1 saturated carbocycles. The van der Waals surface area contributed by atoms with Crippen LogP contribution in [0.3, 0.4) is 0 Å². The zero-order valence-electron chi connectivity index (χ0n) is 13.7. The molecule has 3 rings (SSSR count). The third-order valence-electron chi connectivity index (χ3n) is 4.80. The van der Waals surface area contributed by atoms with E-state index in [1.807, 2.05) is 12.1 Å². The summed E-state index contributed by atoms with van der Waals surface area (Å²) in [5, 5.41) is 0. The highest BCUT2D eigenvalue weighted by molar-refractivity contribution is 7.88. The molecule has 1 aromatic rings. The molecule has 0 N–H and O–H groups in total. The van der Waals surface area contributed by atoms with Crippen LogP contribution in [0.2, 0.25) is 0 Å². The van der Waals surface area contributed by atoms with Crippen molar-refractivity contribution < 1.29 is 17.6 Å². The summed E-state index contributed by atoms with van der Waals surface area (Å²) >= 11 is 0. The number of hydrogen-bond donors (Lipinski definition) is 0. The molecule has 7 heteroatoms. The van der Waals surface area contributed by atoms with E-state index in [1.54, 1.807) is 4.90 Å². The molecule has 1 aromatic heterocycles. The number of sulfonamides is 1. The van der Waals surface area contributed by atoms with E-state index in [0.717, 1.165) is 11.5 Å². The van der Waals surface area contributed by atoms with Crippen LogP contribution in [0.1, 0.15) is 37.2 Å². The van der Waals surface area contributed by atoms with Crippen LogP contribution in [0.25, 0.3) is 0 Å². The van der Waals surface area contributed by atoms with Crippen molar-refractivity contribution in [1.29, 1.82) is 0 Å². The number of amides is 1. The molecule has 2 aliphatic rings. The highest BCUT2D eigenvalue weighted by Gasteiger charge is 2.36. The second kappa shape index (κ2) is 6.28. The lowest BCUT2D eigenvalue weighted by molar-refractivity contribution is -0.132. The highest BCUT2D eigenvalue weighted by Crippen LogP contribution is 2.47. The SMILES string of the molecule is C[C@H]1C[C@H]1c1ccc(CCC(=O)N2CCN(S(C)(=O)=O)CC2)o1. The maximum atomic E-state index is 12.2. The van der Waals surface area contributed by atoms with E-state index in [-0.39, 0.29) is 5.91 Å². The molecule has 2 fully saturated rings. The Morgan fingerprint density at radius 3 is 2.48 bits per heavy atom. The molecule has 6 nitrogen and oxygen atoms in total. The lowest BCUT2D eigenvalue weighted by atomic mass is 10.2. The third kappa shape index (κ3) is 3.95. The first kappa shape index (κ1) is 16.5. The van der Waals surface area contributed by atoms with E-state index >= 15 is 0 Å². The Kier molecular flexibility index (Phi) is 4.51. The van der Waals surface area contributed by atoms with Crippen molar-refractivity contribution in [2.75, 3.05) is 32.4 Å². The zero-order valence-corrected chi connectivity index (χ0v) is 14.5. The van der Waals surface area contributed by atoms with Crippen molar-refractivity contribution in [3.8, 4) is 0 Å². The standard InChI is InChI=1S/C16H24N2O4S/c1-12-11-14(12)15-5-3-13(22-15)4-6-16(19)17-7-9-18(10-8-17)23(2,20)21/h3,5,12,14H,4,6-11H2,1-2H3/t12-,14+/m0/s1. The molecule has 0 aromatic carbocycles. The van der Waals surface area contributed by atoms with Crippen LogP contribution in [-0.4, -0.2) is 56.0 Å². The molecule has 1 aliphatic carbocycles. The first-order chi connectivity index (χ1) is 10.8. The van der Waals surface area contributed by atoms with Gasteiger partial charge >= 0.3 is 0 Å². The van der Waals surface area contributed by atoms with Crippen molar-refractivity contribution in [2.45, 2.75) is 32.1 Å². The van der Waals surface area contributed by atoms with E-state index in [2.05, 4.69) is 6.92 Å². The summed E-state index contributed by atoms with van der Waals surface area (Å²) in [4.78, 5) is 14.0. The van der Waals surface area contributed by atoms with Gasteiger partial charge in [-0.2, -0.15) is 4.31 Å². The van der Waals surface area contributed by atoms with E-state index < -0.39 is 10.0 Å². The summed E-state index contributed by atoms with van der Waals surface area (Å²) in [5.74, 6) is 3.24. The minimum Gasteiger partial charge on any atom is -0.466 e. The van der Waals surface area contributed by atoms with Crippen molar-refractivity contribution in [3.63, 3.8) is 0 Å². The van der Waals surface area contributed by atoms with Crippen LogP contribution in [0.4, 0.5) is 0 Å². The first-order valence-corrected chi connectivity index (χ1v) is 10.0. The predicted octanol–water partition coefficient (Wildman–Crippen LogP) is 1.44. The summed E-state index contributed by atoms with van der Waals surface area (Å²) in [6.07, 6.45) is 3.41. The number of hydrogen-bond acceptors (Lipinski definition) is 4. The van der Waals surface area contributed by atoms with Crippen LogP contribution in [0.5, 0.6) is 0 Å². The number of furan rings is 1. The molecule has 2 atom stereocenters. The Morgan fingerprint density at radius 2 is 1.91 bits per heavy atom. The summed E-state index contributed by atoms with van der Waals surface area (Å²) in [6, 6.07) is 3.99. The Bertz CT molecular complexity index is 674. The summed E-state index contributed by atoms with van der Waals surface area (Å²) in [6.45, 7) is 3.92. The number of piperazine rings is 1. The molecule has 1 aliphatic heterocycles. The fourth-order valence-corrected chi connectivity index (χ4v) is 3.93. The van der Waals surface area contributed by atoms with Gasteiger partial charge in [-0.25, -0.2) is 8.42 Å². The predicted molar refractivity (Wildman–Crippen MR) is 86.5 cm³/mol. The lowest BCUT2D eigenvalue weighted by Crippen LogP contribution is -2.50. The van der Waals surface area contributed by atoms with E-state index in [1.165, 1.54) is 17.0 Å². The molecule has 0 unspecified atom stereocenters. The summed E-state index contributed by atoms with van der Waals surface area (Å²) in [5.41, 5.74) is 0. The number of aryl methyl sites for hydroxylation is 1. The summed E-state index contributed by atoms with van der Waals surface area (Å²) < 4.78 is 30.2. The van der Waals surface area contributed by atoms with Gasteiger partial charge in [0.25, 0.3) is 0 Å². The monoisotopic (exact) mass is 340 g/mol. The Morgan fingerprint density at radius 1 is 1.26 bits per heavy atom. The minimum absolute atomic E-state index is 0.0656. The Hall–Kier alpha value is -1.34. The van der Waals surface area contributed by atoms with Gasteiger partial charge in [0.1, 0.15) is 11.5 Å². The van der Waals surface area contributed by atoms with Crippen molar-refractivity contribution in [2.24, 2.45) is 5.92 Å². The molecule has 1 saturated heterocycles. The van der Waals surface area contributed by atoms with Gasteiger partial charge in [-0.15, -0.1) is 0 Å². The van der Waals surface area contributed by atoms with Crippen LogP contribution in [-0.2, 0) is 21.2 Å². The number of carbonyl (C=O) groups excluding carboxylic acids is 1. The molecule has 1 amide bonds. The molecular weight excluding hydrogens is 316 g/mol.